The Balaban J connectivity index is 2.77. The highest BCUT2D eigenvalue weighted by molar-refractivity contribution is 5.96. The third-order valence-corrected chi connectivity index (χ3v) is 2.41. The third kappa shape index (κ3) is 3.55. The third-order valence-electron chi connectivity index (χ3n) is 2.41. The number of hydrogen-bond acceptors (Lipinski definition) is 3. The van der Waals surface area contributed by atoms with Gasteiger partial charge in [-0.3, -0.25) is 9.78 Å². The number of nitrogens with one attached hydrogen (secondary N) is 1. The molecule has 0 radical (unpaired) electrons. The van der Waals surface area contributed by atoms with Crippen molar-refractivity contribution in [3.8, 4) is 0 Å². The second-order valence-corrected chi connectivity index (χ2v) is 3.82. The van der Waals surface area contributed by atoms with Gasteiger partial charge in [0, 0.05) is 6.20 Å². The Bertz CT molecular complexity index is 418. The average molecular weight is 236 g/mol. The van der Waals surface area contributed by atoms with Crippen molar-refractivity contribution >= 4 is 11.9 Å². The molecule has 0 unspecified atom stereocenters. The fourth-order valence-corrected chi connectivity index (χ4v) is 1.50. The Morgan fingerprint density at radius 1 is 1.53 bits per heavy atom. The first-order chi connectivity index (χ1) is 8.06. The summed E-state index contributed by atoms with van der Waals surface area (Å²) in [5, 5.41) is 11.4. The molecule has 17 heavy (non-hydrogen) atoms. The monoisotopic (exact) mass is 236 g/mol. The minimum Gasteiger partial charge on any atom is -0.480 e. The van der Waals surface area contributed by atoms with Crippen molar-refractivity contribution in [1.29, 1.82) is 0 Å². The lowest BCUT2D eigenvalue weighted by Gasteiger charge is -2.13. The number of aromatic nitrogens is 1. The zero-order valence-electron chi connectivity index (χ0n) is 9.93. The lowest BCUT2D eigenvalue weighted by Crippen LogP contribution is -2.41. The summed E-state index contributed by atoms with van der Waals surface area (Å²) in [7, 11) is 0. The molecule has 1 aromatic rings. The Morgan fingerprint density at radius 2 is 2.24 bits per heavy atom. The second kappa shape index (κ2) is 5.98. The number of carboxylic acid groups (broad SMARTS) is 1. The van der Waals surface area contributed by atoms with Crippen LogP contribution in [0, 0.1) is 6.92 Å². The van der Waals surface area contributed by atoms with Gasteiger partial charge in [0.1, 0.15) is 11.7 Å². The van der Waals surface area contributed by atoms with E-state index in [-0.39, 0.29) is 5.69 Å². The average Bonchev–Trinajstić information content (AvgIpc) is 2.28. The molecule has 92 valence electrons. The normalized spacial score (nSPS) is 11.9. The van der Waals surface area contributed by atoms with Crippen LogP contribution in [0.1, 0.15) is 35.8 Å². The smallest absolute Gasteiger partial charge is 0.326 e. The maximum atomic E-state index is 11.8. The Labute approximate surface area is 99.9 Å². The van der Waals surface area contributed by atoms with Crippen LogP contribution in [0.4, 0.5) is 0 Å². The van der Waals surface area contributed by atoms with Crippen molar-refractivity contribution in [3.63, 3.8) is 0 Å². The van der Waals surface area contributed by atoms with E-state index in [0.717, 1.165) is 5.56 Å². The van der Waals surface area contributed by atoms with Crippen molar-refractivity contribution in [3.05, 3.63) is 29.6 Å². The zero-order valence-corrected chi connectivity index (χ0v) is 9.93. The molecule has 5 nitrogen and oxygen atoms in total. The van der Waals surface area contributed by atoms with Crippen LogP contribution in [0.2, 0.25) is 0 Å². The number of rotatable bonds is 5. The molecular formula is C12H16N2O3. The second-order valence-electron chi connectivity index (χ2n) is 3.82. The number of nitrogens with zero attached hydrogens (tertiary/aromatic N) is 1. The van der Waals surface area contributed by atoms with Crippen LogP contribution >= 0.6 is 0 Å². The van der Waals surface area contributed by atoms with E-state index in [1.54, 1.807) is 19.1 Å². The summed E-state index contributed by atoms with van der Waals surface area (Å²) >= 11 is 0. The van der Waals surface area contributed by atoms with Crippen LogP contribution in [-0.4, -0.2) is 28.0 Å². The fourth-order valence-electron chi connectivity index (χ4n) is 1.50. The topological polar surface area (TPSA) is 79.3 Å². The van der Waals surface area contributed by atoms with E-state index in [1.165, 1.54) is 6.20 Å². The highest BCUT2D eigenvalue weighted by atomic mass is 16.4. The molecule has 1 rings (SSSR count). The van der Waals surface area contributed by atoms with Gasteiger partial charge < -0.3 is 10.4 Å². The molecule has 0 spiro atoms. The minimum atomic E-state index is -1.02. The summed E-state index contributed by atoms with van der Waals surface area (Å²) in [6.07, 6.45) is 2.61. The SMILES string of the molecule is CCC[C@@H](NC(=O)c1ncccc1C)C(=O)O. The quantitative estimate of drug-likeness (QED) is 0.809. The van der Waals surface area contributed by atoms with Gasteiger partial charge in [0.25, 0.3) is 5.91 Å². The predicted molar refractivity (Wildman–Crippen MR) is 62.8 cm³/mol. The van der Waals surface area contributed by atoms with Crippen molar-refractivity contribution in [2.24, 2.45) is 0 Å². The fraction of sp³-hybridized carbons (Fsp3) is 0.417. The molecule has 0 aromatic carbocycles. The minimum absolute atomic E-state index is 0.273. The highest BCUT2D eigenvalue weighted by Crippen LogP contribution is 2.05. The predicted octanol–water partition coefficient (Wildman–Crippen LogP) is 1.37. The van der Waals surface area contributed by atoms with Crippen molar-refractivity contribution in [2.45, 2.75) is 32.7 Å². The molecule has 1 atom stereocenters. The van der Waals surface area contributed by atoms with Crippen LogP contribution in [-0.2, 0) is 4.79 Å². The van der Waals surface area contributed by atoms with E-state index >= 15 is 0 Å². The van der Waals surface area contributed by atoms with Gasteiger partial charge in [0.2, 0.25) is 0 Å². The van der Waals surface area contributed by atoms with Crippen LogP contribution in [0.5, 0.6) is 0 Å². The first kappa shape index (κ1) is 13.2. The van der Waals surface area contributed by atoms with Crippen molar-refractivity contribution < 1.29 is 14.7 Å². The van der Waals surface area contributed by atoms with E-state index in [0.29, 0.717) is 12.8 Å². The number of carbonyl (C=O) groups is 2. The standard InChI is InChI=1S/C12H16N2O3/c1-3-5-9(12(16)17)14-11(15)10-8(2)6-4-7-13-10/h4,6-7,9H,3,5H2,1-2H3,(H,14,15)(H,16,17)/t9-/m1/s1. The molecule has 0 saturated carbocycles. The number of amides is 1. The van der Waals surface area contributed by atoms with Crippen molar-refractivity contribution in [1.82, 2.24) is 10.3 Å². The summed E-state index contributed by atoms with van der Waals surface area (Å²) in [5.41, 5.74) is 1.00. The van der Waals surface area contributed by atoms with Gasteiger partial charge >= 0.3 is 5.97 Å². The number of aliphatic carboxylic acids is 1. The summed E-state index contributed by atoms with van der Waals surface area (Å²) in [6.45, 7) is 3.63. The lowest BCUT2D eigenvalue weighted by atomic mass is 10.1. The van der Waals surface area contributed by atoms with Crippen LogP contribution < -0.4 is 5.32 Å². The van der Waals surface area contributed by atoms with E-state index in [2.05, 4.69) is 10.3 Å². The molecule has 5 heteroatoms. The molecule has 1 aromatic heterocycles. The number of pyridine rings is 1. The molecule has 0 aliphatic heterocycles. The number of aryl methyl sites for hydroxylation is 1. The first-order valence-electron chi connectivity index (χ1n) is 5.51. The van der Waals surface area contributed by atoms with E-state index in [9.17, 15) is 9.59 Å². The number of carboxylic acids is 1. The molecule has 0 fully saturated rings. The summed E-state index contributed by atoms with van der Waals surface area (Å²) in [5.74, 6) is -1.46. The van der Waals surface area contributed by atoms with Crippen LogP contribution in [0.3, 0.4) is 0 Å². The molecule has 1 heterocycles. The number of carbonyl (C=O) groups excluding carboxylic acids is 1. The largest absolute Gasteiger partial charge is 0.480 e. The molecule has 0 aliphatic carbocycles. The molecule has 0 saturated heterocycles. The molecule has 1 amide bonds. The summed E-state index contributed by atoms with van der Waals surface area (Å²) in [6, 6.07) is 2.64. The molecule has 0 aliphatic rings. The molecular weight excluding hydrogens is 220 g/mol. The van der Waals surface area contributed by atoms with Gasteiger partial charge in [0.05, 0.1) is 0 Å². The Hall–Kier alpha value is -1.91. The Kier molecular flexibility index (Phi) is 4.63. The van der Waals surface area contributed by atoms with Crippen LogP contribution in [0.25, 0.3) is 0 Å². The van der Waals surface area contributed by atoms with Gasteiger partial charge in [-0.25, -0.2) is 4.79 Å². The van der Waals surface area contributed by atoms with Gasteiger partial charge in [-0.1, -0.05) is 19.4 Å². The zero-order chi connectivity index (χ0) is 12.8. The maximum absolute atomic E-state index is 11.8. The van der Waals surface area contributed by atoms with Crippen LogP contribution in [0.15, 0.2) is 18.3 Å². The van der Waals surface area contributed by atoms with Gasteiger partial charge in [-0.15, -0.1) is 0 Å². The van der Waals surface area contributed by atoms with Gasteiger partial charge in [0.15, 0.2) is 0 Å². The van der Waals surface area contributed by atoms with Gasteiger partial charge in [-0.05, 0) is 25.0 Å². The maximum Gasteiger partial charge on any atom is 0.326 e. The first-order valence-corrected chi connectivity index (χ1v) is 5.51. The highest BCUT2D eigenvalue weighted by Gasteiger charge is 2.20. The number of hydrogen-bond donors (Lipinski definition) is 2. The van der Waals surface area contributed by atoms with E-state index in [4.69, 9.17) is 5.11 Å². The van der Waals surface area contributed by atoms with Crippen molar-refractivity contribution in [2.75, 3.05) is 0 Å². The van der Waals surface area contributed by atoms with E-state index in [1.807, 2.05) is 6.92 Å². The molecule has 0 bridgehead atoms. The summed E-state index contributed by atoms with van der Waals surface area (Å²) in [4.78, 5) is 26.7. The van der Waals surface area contributed by atoms with E-state index < -0.39 is 17.9 Å². The lowest BCUT2D eigenvalue weighted by molar-refractivity contribution is -0.139. The molecule has 2 N–H and O–H groups in total. The summed E-state index contributed by atoms with van der Waals surface area (Å²) < 4.78 is 0. The Morgan fingerprint density at radius 3 is 2.76 bits per heavy atom. The van der Waals surface area contributed by atoms with Gasteiger partial charge in [-0.2, -0.15) is 0 Å².